The summed E-state index contributed by atoms with van der Waals surface area (Å²) in [6.07, 6.45) is 6.79. The van der Waals surface area contributed by atoms with Crippen LogP contribution in [0.15, 0.2) is 60.1 Å². The summed E-state index contributed by atoms with van der Waals surface area (Å²) in [6, 6.07) is 10.9. The third-order valence-electron chi connectivity index (χ3n) is 3.06. The van der Waals surface area contributed by atoms with Crippen molar-refractivity contribution in [3.8, 4) is 5.82 Å². The minimum Gasteiger partial charge on any atom is -0.391 e. The molecule has 5 nitrogen and oxygen atoms in total. The topological polar surface area (TPSA) is 52.3 Å². The first-order valence-electron chi connectivity index (χ1n) is 6.78. The molecule has 2 aromatic heterocycles. The van der Waals surface area contributed by atoms with E-state index >= 15 is 0 Å². The highest BCUT2D eigenvalue weighted by Gasteiger charge is 2.05. The van der Waals surface area contributed by atoms with E-state index in [1.54, 1.807) is 41.5 Å². The second-order valence-corrected chi connectivity index (χ2v) is 5.42. The molecule has 0 unspecified atom stereocenters. The van der Waals surface area contributed by atoms with Crippen LogP contribution in [0.5, 0.6) is 0 Å². The molecule has 0 atom stereocenters. The molecule has 0 saturated carbocycles. The minimum absolute atomic E-state index is 0.202. The molecule has 0 aliphatic rings. The van der Waals surface area contributed by atoms with Gasteiger partial charge in [0.2, 0.25) is 0 Å². The zero-order valence-corrected chi connectivity index (χ0v) is 13.4. The van der Waals surface area contributed by atoms with Gasteiger partial charge < -0.3 is 4.84 Å². The fourth-order valence-corrected chi connectivity index (χ4v) is 2.39. The van der Waals surface area contributed by atoms with E-state index in [0.717, 1.165) is 11.4 Å². The molecule has 0 radical (unpaired) electrons. The number of aromatic nitrogens is 3. The van der Waals surface area contributed by atoms with Gasteiger partial charge in [0.15, 0.2) is 5.82 Å². The molecule has 0 amide bonds. The first-order chi connectivity index (χ1) is 11.2. The molecule has 3 rings (SSSR count). The third-order valence-corrected chi connectivity index (χ3v) is 3.76. The van der Waals surface area contributed by atoms with Crippen molar-refractivity contribution in [3.05, 3.63) is 76.2 Å². The van der Waals surface area contributed by atoms with Crippen LogP contribution in [0.4, 0.5) is 0 Å². The van der Waals surface area contributed by atoms with Gasteiger partial charge in [-0.05, 0) is 30.3 Å². The van der Waals surface area contributed by atoms with Crippen LogP contribution in [0, 0.1) is 0 Å². The Kier molecular flexibility index (Phi) is 4.90. The lowest BCUT2D eigenvalue weighted by Gasteiger charge is -2.04. The molecule has 0 N–H and O–H groups in total. The second-order valence-electron chi connectivity index (χ2n) is 4.61. The molecule has 0 fully saturated rings. The molecule has 0 saturated heterocycles. The largest absolute Gasteiger partial charge is 0.391 e. The van der Waals surface area contributed by atoms with Crippen LogP contribution in [0.1, 0.15) is 11.1 Å². The quantitative estimate of drug-likeness (QED) is 0.515. The van der Waals surface area contributed by atoms with Gasteiger partial charge in [0.25, 0.3) is 0 Å². The Labute approximate surface area is 143 Å². The number of hydrogen-bond donors (Lipinski definition) is 0. The van der Waals surface area contributed by atoms with E-state index in [1.807, 2.05) is 24.4 Å². The zero-order chi connectivity index (χ0) is 16.1. The van der Waals surface area contributed by atoms with Gasteiger partial charge in [0.1, 0.15) is 6.61 Å². The Morgan fingerprint density at radius 1 is 1.13 bits per heavy atom. The maximum absolute atomic E-state index is 6.06. The molecule has 0 spiro atoms. The van der Waals surface area contributed by atoms with Crippen molar-refractivity contribution in [1.82, 2.24) is 14.8 Å². The molecule has 2 heterocycles. The molecule has 7 heteroatoms. The minimum atomic E-state index is 0.202. The first kappa shape index (κ1) is 15.5. The van der Waals surface area contributed by atoms with Gasteiger partial charge in [-0.3, -0.25) is 0 Å². The maximum atomic E-state index is 6.06. The summed E-state index contributed by atoms with van der Waals surface area (Å²) in [6.45, 7) is 0.202. The van der Waals surface area contributed by atoms with Crippen molar-refractivity contribution < 1.29 is 4.84 Å². The van der Waals surface area contributed by atoms with E-state index in [-0.39, 0.29) is 6.61 Å². The third kappa shape index (κ3) is 3.88. The van der Waals surface area contributed by atoms with Gasteiger partial charge in [-0.25, -0.2) is 9.67 Å². The number of nitrogens with zero attached hydrogens (tertiary/aromatic N) is 4. The Bertz CT molecular complexity index is 781. The molecule has 0 aliphatic heterocycles. The molecular formula is C16H12Cl2N4O. The summed E-state index contributed by atoms with van der Waals surface area (Å²) in [4.78, 5) is 9.54. The summed E-state index contributed by atoms with van der Waals surface area (Å²) >= 11 is 12.1. The van der Waals surface area contributed by atoms with Crippen molar-refractivity contribution >= 4 is 29.4 Å². The molecule has 0 bridgehead atoms. The second kappa shape index (κ2) is 7.26. The highest BCUT2D eigenvalue weighted by molar-refractivity contribution is 6.35. The summed E-state index contributed by atoms with van der Waals surface area (Å²) in [5.74, 6) is 0.732. The highest BCUT2D eigenvalue weighted by Crippen LogP contribution is 2.24. The van der Waals surface area contributed by atoms with Crippen molar-refractivity contribution in [2.75, 3.05) is 0 Å². The number of halogens is 2. The van der Waals surface area contributed by atoms with Gasteiger partial charge in [0, 0.05) is 39.8 Å². The van der Waals surface area contributed by atoms with Crippen molar-refractivity contribution in [2.45, 2.75) is 6.61 Å². The van der Waals surface area contributed by atoms with E-state index in [4.69, 9.17) is 28.0 Å². The van der Waals surface area contributed by atoms with Crippen LogP contribution in [-0.4, -0.2) is 21.0 Å². The number of pyridine rings is 1. The fourth-order valence-electron chi connectivity index (χ4n) is 1.88. The highest BCUT2D eigenvalue weighted by atomic mass is 35.5. The number of oxime groups is 1. The number of hydrogen-bond acceptors (Lipinski definition) is 4. The average Bonchev–Trinajstić information content (AvgIpc) is 3.09. The van der Waals surface area contributed by atoms with E-state index in [2.05, 4.69) is 15.2 Å². The standard InChI is InChI=1S/C16H12Cl2N4O/c17-14-3-1-4-15(18)13(14)11-23-21-10-12-5-6-16(19-9-12)22-8-2-7-20-22/h1-10H,11H2. The summed E-state index contributed by atoms with van der Waals surface area (Å²) in [5, 5.41) is 9.13. The zero-order valence-electron chi connectivity index (χ0n) is 11.9. The Morgan fingerprint density at radius 2 is 1.96 bits per heavy atom. The van der Waals surface area contributed by atoms with Crippen LogP contribution < -0.4 is 0 Å². The van der Waals surface area contributed by atoms with Crippen molar-refractivity contribution in [1.29, 1.82) is 0 Å². The molecule has 23 heavy (non-hydrogen) atoms. The van der Waals surface area contributed by atoms with Gasteiger partial charge in [-0.1, -0.05) is 34.4 Å². The SMILES string of the molecule is Clc1cccc(Cl)c1CON=Cc1ccc(-n2cccn2)nc1. The Hall–Kier alpha value is -2.37. The smallest absolute Gasteiger partial charge is 0.153 e. The van der Waals surface area contributed by atoms with Crippen LogP contribution in [-0.2, 0) is 11.4 Å². The molecule has 1 aromatic carbocycles. The van der Waals surface area contributed by atoms with Crippen LogP contribution in [0.2, 0.25) is 10.0 Å². The van der Waals surface area contributed by atoms with Gasteiger partial charge in [-0.2, -0.15) is 5.10 Å². The summed E-state index contributed by atoms with van der Waals surface area (Å²) in [7, 11) is 0. The summed E-state index contributed by atoms with van der Waals surface area (Å²) in [5.41, 5.74) is 1.52. The van der Waals surface area contributed by atoms with Crippen LogP contribution >= 0.6 is 23.2 Å². The fraction of sp³-hybridized carbons (Fsp3) is 0.0625. The van der Waals surface area contributed by atoms with Gasteiger partial charge >= 0.3 is 0 Å². The monoisotopic (exact) mass is 346 g/mol. The molecule has 116 valence electrons. The molecule has 0 aliphatic carbocycles. The number of benzene rings is 1. The van der Waals surface area contributed by atoms with Crippen molar-refractivity contribution in [3.63, 3.8) is 0 Å². The lowest BCUT2D eigenvalue weighted by atomic mass is 10.2. The summed E-state index contributed by atoms with van der Waals surface area (Å²) < 4.78 is 1.68. The predicted octanol–water partition coefficient (Wildman–Crippen LogP) is 4.12. The van der Waals surface area contributed by atoms with Gasteiger partial charge in [-0.15, -0.1) is 0 Å². The normalized spacial score (nSPS) is 11.0. The first-order valence-corrected chi connectivity index (χ1v) is 7.54. The van der Waals surface area contributed by atoms with E-state index in [1.165, 1.54) is 0 Å². The lowest BCUT2D eigenvalue weighted by Crippen LogP contribution is -1.98. The Morgan fingerprint density at radius 3 is 2.61 bits per heavy atom. The van der Waals surface area contributed by atoms with Crippen molar-refractivity contribution in [2.24, 2.45) is 5.16 Å². The van der Waals surface area contributed by atoms with Crippen LogP contribution in [0.25, 0.3) is 5.82 Å². The molecular weight excluding hydrogens is 335 g/mol. The van der Waals surface area contributed by atoms with Gasteiger partial charge in [0.05, 0.1) is 6.21 Å². The average molecular weight is 347 g/mol. The Balaban J connectivity index is 1.60. The lowest BCUT2D eigenvalue weighted by molar-refractivity contribution is 0.132. The van der Waals surface area contributed by atoms with E-state index in [0.29, 0.717) is 15.6 Å². The molecule has 3 aromatic rings. The van der Waals surface area contributed by atoms with E-state index in [9.17, 15) is 0 Å². The maximum Gasteiger partial charge on any atom is 0.153 e. The van der Waals surface area contributed by atoms with Crippen LogP contribution in [0.3, 0.4) is 0 Å². The predicted molar refractivity (Wildman–Crippen MR) is 90.2 cm³/mol. The van der Waals surface area contributed by atoms with E-state index < -0.39 is 0 Å². The number of rotatable bonds is 5.